The van der Waals surface area contributed by atoms with Crippen LogP contribution >= 0.6 is 11.8 Å². The van der Waals surface area contributed by atoms with Crippen LogP contribution in [0, 0.1) is 0 Å². The van der Waals surface area contributed by atoms with E-state index in [-0.39, 0.29) is 22.5 Å². The zero-order valence-corrected chi connectivity index (χ0v) is 15.8. The average Bonchev–Trinajstić information content (AvgIpc) is 3.09. The van der Waals surface area contributed by atoms with Crippen LogP contribution in [0.3, 0.4) is 0 Å². The molecule has 7 nitrogen and oxygen atoms in total. The molecule has 1 saturated heterocycles. The Bertz CT molecular complexity index is 891. The molecule has 4 heterocycles. The molecule has 2 atom stereocenters. The third-order valence-electron chi connectivity index (χ3n) is 4.91. The molecular weight excluding hydrogens is 338 g/mol. The van der Waals surface area contributed by atoms with E-state index in [4.69, 9.17) is 9.73 Å². The Kier molecular flexibility index (Phi) is 3.92. The molecule has 0 amide bonds. The van der Waals surface area contributed by atoms with Crippen molar-refractivity contribution in [2.24, 2.45) is 12.0 Å². The van der Waals surface area contributed by atoms with E-state index in [2.05, 4.69) is 24.0 Å². The molecule has 1 N–H and O–H groups in total. The molecule has 0 aromatic carbocycles. The summed E-state index contributed by atoms with van der Waals surface area (Å²) in [6.07, 6.45) is 3.49. The van der Waals surface area contributed by atoms with E-state index >= 15 is 0 Å². The van der Waals surface area contributed by atoms with E-state index in [0.29, 0.717) is 6.61 Å². The molecule has 4 rings (SSSR count). The maximum absolute atomic E-state index is 12.8. The summed E-state index contributed by atoms with van der Waals surface area (Å²) in [7, 11) is 1.91. The summed E-state index contributed by atoms with van der Waals surface area (Å²) in [6, 6.07) is 2.15. The van der Waals surface area contributed by atoms with E-state index in [0.717, 1.165) is 35.0 Å². The first kappa shape index (κ1) is 16.7. The fraction of sp³-hybridized carbons (Fsp3) is 0.588. The highest BCUT2D eigenvalue weighted by Crippen LogP contribution is 2.45. The van der Waals surface area contributed by atoms with Crippen LogP contribution in [0.5, 0.6) is 0 Å². The minimum absolute atomic E-state index is 0.0609. The minimum atomic E-state index is -0.194. The normalized spacial score (nSPS) is 25.5. The first-order valence-corrected chi connectivity index (χ1v) is 9.42. The molecule has 8 heteroatoms. The fourth-order valence-electron chi connectivity index (χ4n) is 3.74. The Morgan fingerprint density at radius 1 is 1.44 bits per heavy atom. The van der Waals surface area contributed by atoms with Gasteiger partial charge in [-0.15, -0.1) is 0 Å². The van der Waals surface area contributed by atoms with Gasteiger partial charge in [-0.25, -0.2) is 4.99 Å². The number of fused-ring (bicyclic) bond motifs is 1. The molecule has 2 aliphatic rings. The molecule has 2 aromatic rings. The Balaban J connectivity index is 1.81. The van der Waals surface area contributed by atoms with Crippen molar-refractivity contribution < 1.29 is 4.74 Å². The van der Waals surface area contributed by atoms with Gasteiger partial charge in [-0.1, -0.05) is 11.8 Å². The van der Waals surface area contributed by atoms with Gasteiger partial charge in [0.2, 0.25) is 0 Å². The predicted octanol–water partition coefficient (Wildman–Crippen LogP) is 2.93. The molecule has 0 aliphatic carbocycles. The van der Waals surface area contributed by atoms with Crippen molar-refractivity contribution in [3.63, 3.8) is 0 Å². The molecule has 0 spiro atoms. The van der Waals surface area contributed by atoms with Crippen LogP contribution in [0.2, 0.25) is 0 Å². The molecule has 2 aromatic heterocycles. The van der Waals surface area contributed by atoms with Gasteiger partial charge in [0, 0.05) is 19.9 Å². The topological polar surface area (TPSA) is 77.2 Å². The molecule has 2 aliphatic heterocycles. The van der Waals surface area contributed by atoms with E-state index in [1.54, 1.807) is 18.0 Å². The quantitative estimate of drug-likeness (QED) is 0.892. The van der Waals surface area contributed by atoms with Gasteiger partial charge in [-0.2, -0.15) is 5.10 Å². The highest BCUT2D eigenvalue weighted by atomic mass is 32.2. The number of hydrogen-bond donors (Lipinski definition) is 1. The van der Waals surface area contributed by atoms with Crippen molar-refractivity contribution in [3.8, 4) is 0 Å². The summed E-state index contributed by atoms with van der Waals surface area (Å²) in [4.78, 5) is 17.5. The molecular formula is C17H23N5O2S. The monoisotopic (exact) mass is 361 g/mol. The number of ether oxygens (including phenoxy) is 1. The third kappa shape index (κ3) is 2.87. The number of aliphatic imine (C=N–C) groups is 1. The Morgan fingerprint density at radius 2 is 2.24 bits per heavy atom. The van der Waals surface area contributed by atoms with Crippen molar-refractivity contribution in [1.29, 1.82) is 0 Å². The largest absolute Gasteiger partial charge is 0.375 e. The number of nitrogens with one attached hydrogen (secondary N) is 1. The van der Waals surface area contributed by atoms with Gasteiger partial charge in [0.05, 0.1) is 33.2 Å². The molecule has 1 fully saturated rings. The number of hydrogen-bond acceptors (Lipinski definition) is 5. The van der Waals surface area contributed by atoms with Crippen LogP contribution in [-0.4, -0.2) is 36.8 Å². The van der Waals surface area contributed by atoms with Crippen LogP contribution in [0.15, 0.2) is 22.1 Å². The average molecular weight is 361 g/mol. The lowest BCUT2D eigenvalue weighted by molar-refractivity contribution is -0.0705. The lowest BCUT2D eigenvalue weighted by Crippen LogP contribution is -2.35. The summed E-state index contributed by atoms with van der Waals surface area (Å²) in [5, 5.41) is 8.18. The van der Waals surface area contributed by atoms with E-state index in [1.165, 1.54) is 0 Å². The number of rotatable bonds is 2. The zero-order valence-electron chi connectivity index (χ0n) is 14.9. The second kappa shape index (κ2) is 5.88. The van der Waals surface area contributed by atoms with Crippen molar-refractivity contribution in [2.75, 3.05) is 6.61 Å². The second-order valence-corrected chi connectivity index (χ2v) is 8.61. The van der Waals surface area contributed by atoms with Gasteiger partial charge in [0.15, 0.2) is 5.82 Å². The van der Waals surface area contributed by atoms with E-state index in [1.807, 2.05) is 29.4 Å². The summed E-state index contributed by atoms with van der Waals surface area (Å²) in [5.41, 5.74) is 1.48. The van der Waals surface area contributed by atoms with Crippen LogP contribution < -0.4 is 5.56 Å². The summed E-state index contributed by atoms with van der Waals surface area (Å²) in [5.74, 6) is 0.759. The van der Waals surface area contributed by atoms with Crippen LogP contribution in [0.4, 0.5) is 5.82 Å². The Hall–Kier alpha value is -1.80. The van der Waals surface area contributed by atoms with Crippen molar-refractivity contribution >= 4 is 22.6 Å². The number of aromatic amines is 1. The summed E-state index contributed by atoms with van der Waals surface area (Å²) < 4.78 is 9.62. The molecule has 0 bridgehead atoms. The number of aryl methyl sites for hydroxylation is 1. The number of nitrogens with zero attached hydrogens (tertiary/aromatic N) is 4. The molecule has 0 radical (unpaired) electrons. The van der Waals surface area contributed by atoms with Crippen molar-refractivity contribution in [2.45, 2.75) is 50.5 Å². The van der Waals surface area contributed by atoms with Crippen molar-refractivity contribution in [1.82, 2.24) is 19.6 Å². The van der Waals surface area contributed by atoms with Gasteiger partial charge in [-0.05, 0) is 39.7 Å². The van der Waals surface area contributed by atoms with Gasteiger partial charge < -0.3 is 4.74 Å². The first-order valence-electron chi connectivity index (χ1n) is 8.54. The van der Waals surface area contributed by atoms with Crippen LogP contribution in [-0.2, 0) is 11.8 Å². The number of H-pyrrole nitrogens is 1. The maximum atomic E-state index is 12.8. The van der Waals surface area contributed by atoms with Crippen LogP contribution in [0.1, 0.15) is 56.2 Å². The highest BCUT2D eigenvalue weighted by Gasteiger charge is 2.36. The van der Waals surface area contributed by atoms with Crippen molar-refractivity contribution in [3.05, 3.63) is 33.9 Å². The third-order valence-corrected chi connectivity index (χ3v) is 6.06. The maximum Gasteiger partial charge on any atom is 0.271 e. The molecule has 25 heavy (non-hydrogen) atoms. The van der Waals surface area contributed by atoms with Gasteiger partial charge in [-0.3, -0.25) is 19.3 Å². The first-order chi connectivity index (χ1) is 11.9. The predicted molar refractivity (Wildman–Crippen MR) is 98.8 cm³/mol. The smallest absolute Gasteiger partial charge is 0.271 e. The highest BCUT2D eigenvalue weighted by molar-refractivity contribution is 8.14. The minimum Gasteiger partial charge on any atom is -0.375 e. The lowest BCUT2D eigenvalue weighted by Gasteiger charge is -2.36. The number of thioether (sulfide) groups is 1. The van der Waals surface area contributed by atoms with Gasteiger partial charge in [0.25, 0.3) is 5.56 Å². The standard InChI is InChI=1S/C17H23N5O2S/c1-10-19-15-13(14(25-10)12-5-7-18-21(12)4)16(23)20-22(15)11-6-8-24-17(2,3)9-11/h5,7,11,14H,6,8-9H2,1-4H3,(H,20,23)/t11-,14-/m0/s1. The molecule has 0 saturated carbocycles. The van der Waals surface area contributed by atoms with E-state index in [9.17, 15) is 4.79 Å². The Labute approximate surface area is 150 Å². The lowest BCUT2D eigenvalue weighted by atomic mass is 9.94. The summed E-state index contributed by atoms with van der Waals surface area (Å²) >= 11 is 1.61. The van der Waals surface area contributed by atoms with E-state index < -0.39 is 0 Å². The summed E-state index contributed by atoms with van der Waals surface area (Å²) in [6.45, 7) is 6.87. The molecule has 134 valence electrons. The second-order valence-electron chi connectivity index (χ2n) is 7.31. The number of aromatic nitrogens is 4. The van der Waals surface area contributed by atoms with Gasteiger partial charge in [0.1, 0.15) is 0 Å². The zero-order chi connectivity index (χ0) is 17.8. The van der Waals surface area contributed by atoms with Gasteiger partial charge >= 0.3 is 0 Å². The molecule has 0 unspecified atom stereocenters. The van der Waals surface area contributed by atoms with Crippen LogP contribution in [0.25, 0.3) is 0 Å². The Morgan fingerprint density at radius 3 is 2.92 bits per heavy atom. The SMILES string of the molecule is CC1=Nc2c(c(=O)[nH]n2[C@H]2CCOC(C)(C)C2)[C@H](c2ccnn2C)S1. The fourth-order valence-corrected chi connectivity index (χ4v) is 4.91.